The number of ether oxygens (including phenoxy) is 2. The van der Waals surface area contributed by atoms with Crippen molar-refractivity contribution in [1.82, 2.24) is 5.43 Å². The minimum Gasteiger partial charge on any atom is -0.426 e. The van der Waals surface area contributed by atoms with Gasteiger partial charge in [-0.1, -0.05) is 25.4 Å². The van der Waals surface area contributed by atoms with Crippen molar-refractivity contribution in [2.24, 2.45) is 5.10 Å². The third-order valence-corrected chi connectivity index (χ3v) is 3.75. The molecular formula is C20H19ClN2O5. The van der Waals surface area contributed by atoms with E-state index < -0.39 is 17.8 Å². The van der Waals surface area contributed by atoms with Crippen LogP contribution >= 0.6 is 11.6 Å². The topological polar surface area (TPSA) is 94.1 Å². The second kappa shape index (κ2) is 10.2. The molecule has 0 atom stereocenters. The highest BCUT2D eigenvalue weighted by Gasteiger charge is 2.11. The fourth-order valence-corrected chi connectivity index (χ4v) is 2.12. The molecule has 28 heavy (non-hydrogen) atoms. The van der Waals surface area contributed by atoms with Crippen molar-refractivity contribution in [3.05, 3.63) is 58.6 Å². The van der Waals surface area contributed by atoms with Gasteiger partial charge in [0.1, 0.15) is 11.5 Å². The molecule has 0 heterocycles. The number of carbonyl (C=O) groups excluding carboxylic acids is 3. The quantitative estimate of drug-likeness (QED) is 0.329. The first-order valence-corrected chi connectivity index (χ1v) is 8.95. The van der Waals surface area contributed by atoms with E-state index in [1.165, 1.54) is 12.3 Å². The zero-order chi connectivity index (χ0) is 20.5. The van der Waals surface area contributed by atoms with Gasteiger partial charge in [0.25, 0.3) is 5.91 Å². The van der Waals surface area contributed by atoms with Gasteiger partial charge >= 0.3 is 11.9 Å². The highest BCUT2D eigenvalue weighted by molar-refractivity contribution is 6.30. The number of hydrogen-bond acceptors (Lipinski definition) is 6. The minimum absolute atomic E-state index is 0.165. The molecule has 0 aliphatic rings. The molecule has 0 spiro atoms. The Hall–Kier alpha value is -3.19. The predicted octanol–water partition coefficient (Wildman–Crippen LogP) is 3.73. The number of nitrogens with zero attached hydrogens (tertiary/aromatic N) is 1. The SMILES string of the molecule is CCC(=O)Oc1ccc(/C=N/NC(=O)c2ccc(Cl)cc2)c(OC(=O)CC)c1. The summed E-state index contributed by atoms with van der Waals surface area (Å²) in [5.41, 5.74) is 3.19. The molecule has 0 unspecified atom stereocenters. The Kier molecular flexibility index (Phi) is 7.71. The molecule has 0 saturated carbocycles. The van der Waals surface area contributed by atoms with Crippen LogP contribution in [0, 0.1) is 0 Å². The lowest BCUT2D eigenvalue weighted by molar-refractivity contribution is -0.134. The first kappa shape index (κ1) is 21.1. The van der Waals surface area contributed by atoms with Crippen molar-refractivity contribution in [3.63, 3.8) is 0 Å². The summed E-state index contributed by atoms with van der Waals surface area (Å²) in [4.78, 5) is 35.2. The van der Waals surface area contributed by atoms with Crippen LogP contribution in [-0.4, -0.2) is 24.1 Å². The molecule has 2 rings (SSSR count). The van der Waals surface area contributed by atoms with Gasteiger partial charge < -0.3 is 9.47 Å². The van der Waals surface area contributed by atoms with Crippen LogP contribution in [0.3, 0.4) is 0 Å². The summed E-state index contributed by atoms with van der Waals surface area (Å²) in [6, 6.07) is 10.9. The number of carbonyl (C=O) groups is 3. The minimum atomic E-state index is -0.459. The molecule has 8 heteroatoms. The molecule has 1 N–H and O–H groups in total. The molecule has 0 aliphatic carbocycles. The van der Waals surface area contributed by atoms with Crippen molar-refractivity contribution >= 4 is 35.7 Å². The first-order chi connectivity index (χ1) is 13.4. The number of esters is 2. The molecule has 146 valence electrons. The number of nitrogens with one attached hydrogen (secondary N) is 1. The lowest BCUT2D eigenvalue weighted by atomic mass is 10.2. The van der Waals surface area contributed by atoms with Crippen LogP contribution in [0.4, 0.5) is 0 Å². The van der Waals surface area contributed by atoms with E-state index in [1.807, 2.05) is 0 Å². The number of amides is 1. The fraction of sp³-hybridized carbons (Fsp3) is 0.200. The third kappa shape index (κ3) is 6.21. The average Bonchev–Trinajstić information content (AvgIpc) is 2.69. The number of rotatable bonds is 7. The van der Waals surface area contributed by atoms with Crippen molar-refractivity contribution in [1.29, 1.82) is 0 Å². The van der Waals surface area contributed by atoms with Crippen molar-refractivity contribution in [2.45, 2.75) is 26.7 Å². The molecule has 2 aromatic carbocycles. The summed E-state index contributed by atoms with van der Waals surface area (Å²) in [7, 11) is 0. The Morgan fingerprint density at radius 2 is 1.64 bits per heavy atom. The van der Waals surface area contributed by atoms with Gasteiger partial charge in [0.2, 0.25) is 0 Å². The first-order valence-electron chi connectivity index (χ1n) is 8.57. The third-order valence-electron chi connectivity index (χ3n) is 3.49. The van der Waals surface area contributed by atoms with Gasteiger partial charge in [-0.2, -0.15) is 5.10 Å². The molecule has 0 radical (unpaired) electrons. The predicted molar refractivity (Wildman–Crippen MR) is 105 cm³/mol. The summed E-state index contributed by atoms with van der Waals surface area (Å²) < 4.78 is 10.4. The van der Waals surface area contributed by atoms with Crippen molar-refractivity contribution < 1.29 is 23.9 Å². The second-order valence-corrected chi connectivity index (χ2v) is 6.00. The van der Waals surface area contributed by atoms with E-state index >= 15 is 0 Å². The van der Waals surface area contributed by atoms with Crippen LogP contribution < -0.4 is 14.9 Å². The maximum atomic E-state index is 12.1. The number of halogens is 1. The Labute approximate surface area is 167 Å². The van der Waals surface area contributed by atoms with E-state index in [1.54, 1.807) is 50.2 Å². The van der Waals surface area contributed by atoms with Crippen LogP contribution in [0.25, 0.3) is 0 Å². The highest BCUT2D eigenvalue weighted by atomic mass is 35.5. The average molecular weight is 403 g/mol. The van der Waals surface area contributed by atoms with E-state index in [0.717, 1.165) is 0 Å². The van der Waals surface area contributed by atoms with Gasteiger partial charge in [0, 0.05) is 35.1 Å². The van der Waals surface area contributed by atoms with Crippen LogP contribution in [0.5, 0.6) is 11.5 Å². The molecule has 0 fully saturated rings. The zero-order valence-corrected chi connectivity index (χ0v) is 16.2. The Balaban J connectivity index is 2.16. The van der Waals surface area contributed by atoms with Crippen LogP contribution in [-0.2, 0) is 9.59 Å². The lowest BCUT2D eigenvalue weighted by Crippen LogP contribution is -2.17. The van der Waals surface area contributed by atoms with Gasteiger partial charge in [0.05, 0.1) is 6.21 Å². The maximum Gasteiger partial charge on any atom is 0.310 e. The molecule has 1 amide bonds. The lowest BCUT2D eigenvalue weighted by Gasteiger charge is -2.09. The van der Waals surface area contributed by atoms with Crippen molar-refractivity contribution in [2.75, 3.05) is 0 Å². The number of hydrazone groups is 1. The molecule has 0 aliphatic heterocycles. The van der Waals surface area contributed by atoms with E-state index in [2.05, 4.69) is 10.5 Å². The summed E-state index contributed by atoms with van der Waals surface area (Å²) in [5.74, 6) is -0.886. The van der Waals surface area contributed by atoms with Crippen LogP contribution in [0.1, 0.15) is 42.6 Å². The number of benzene rings is 2. The van der Waals surface area contributed by atoms with Gasteiger partial charge in [-0.3, -0.25) is 14.4 Å². The monoisotopic (exact) mass is 402 g/mol. The molecule has 0 bridgehead atoms. The summed E-state index contributed by atoms with van der Waals surface area (Å²) >= 11 is 5.79. The Morgan fingerprint density at radius 3 is 2.29 bits per heavy atom. The smallest absolute Gasteiger partial charge is 0.310 e. The van der Waals surface area contributed by atoms with E-state index in [-0.39, 0.29) is 24.3 Å². The van der Waals surface area contributed by atoms with Crippen molar-refractivity contribution in [3.8, 4) is 11.5 Å². The van der Waals surface area contributed by atoms with Crippen LogP contribution in [0.15, 0.2) is 47.6 Å². The second-order valence-electron chi connectivity index (χ2n) is 5.56. The Bertz CT molecular complexity index is 894. The highest BCUT2D eigenvalue weighted by Crippen LogP contribution is 2.24. The zero-order valence-electron chi connectivity index (χ0n) is 15.4. The molecular weight excluding hydrogens is 384 g/mol. The van der Waals surface area contributed by atoms with E-state index in [4.69, 9.17) is 21.1 Å². The summed E-state index contributed by atoms with van der Waals surface area (Å²) in [6.07, 6.45) is 1.71. The molecule has 2 aromatic rings. The van der Waals surface area contributed by atoms with Gasteiger partial charge in [-0.25, -0.2) is 5.43 Å². The van der Waals surface area contributed by atoms with Gasteiger partial charge in [-0.15, -0.1) is 0 Å². The standard InChI is InChI=1S/C20H19ClN2O5/c1-3-18(24)27-16-10-7-14(17(11-16)28-19(25)4-2)12-22-23-20(26)13-5-8-15(21)9-6-13/h5-12H,3-4H2,1-2H3,(H,23,26)/b22-12+. The van der Waals surface area contributed by atoms with Gasteiger partial charge in [-0.05, 0) is 36.4 Å². The maximum absolute atomic E-state index is 12.1. The molecule has 0 saturated heterocycles. The molecule has 0 aromatic heterocycles. The summed E-state index contributed by atoms with van der Waals surface area (Å²) in [5, 5.41) is 4.40. The van der Waals surface area contributed by atoms with E-state index in [0.29, 0.717) is 16.1 Å². The normalized spacial score (nSPS) is 10.5. The van der Waals surface area contributed by atoms with Crippen LogP contribution in [0.2, 0.25) is 5.02 Å². The fourth-order valence-electron chi connectivity index (χ4n) is 2.00. The van der Waals surface area contributed by atoms with Gasteiger partial charge in [0.15, 0.2) is 0 Å². The van der Waals surface area contributed by atoms with E-state index in [9.17, 15) is 14.4 Å². The number of hydrogen-bond donors (Lipinski definition) is 1. The summed E-state index contributed by atoms with van der Waals surface area (Å²) in [6.45, 7) is 3.33. The molecule has 7 nitrogen and oxygen atoms in total. The largest absolute Gasteiger partial charge is 0.426 e. The Morgan fingerprint density at radius 1 is 1.00 bits per heavy atom.